The summed E-state index contributed by atoms with van der Waals surface area (Å²) < 4.78 is 6.05. The van der Waals surface area contributed by atoms with Crippen LogP contribution in [0.25, 0.3) is 20.3 Å². The monoisotopic (exact) mass is 287 g/mol. The van der Waals surface area contributed by atoms with Crippen molar-refractivity contribution in [2.24, 2.45) is 0 Å². The standard InChI is InChI=1S/C14H13N3O2S/c1-2-19-11(18)6-8-3-4-10-9(5-8)12-13(15)16-7-17-14(12)20-10/h3-5,7H,2,6H2,1H3,(H2,15,16,17). The van der Waals surface area contributed by atoms with E-state index in [1.165, 1.54) is 6.33 Å². The largest absolute Gasteiger partial charge is 0.466 e. The SMILES string of the molecule is CCOC(=O)Cc1ccc2sc3ncnc(N)c3c2c1. The van der Waals surface area contributed by atoms with Crippen molar-refractivity contribution in [3.63, 3.8) is 0 Å². The molecule has 6 heteroatoms. The summed E-state index contributed by atoms with van der Waals surface area (Å²) in [4.78, 5) is 20.7. The van der Waals surface area contributed by atoms with Crippen molar-refractivity contribution in [2.45, 2.75) is 13.3 Å². The second-order valence-corrected chi connectivity index (χ2v) is 5.38. The van der Waals surface area contributed by atoms with Gasteiger partial charge in [-0.05, 0) is 24.6 Å². The number of nitrogens with two attached hydrogens (primary N) is 1. The molecule has 1 aromatic carbocycles. The number of aromatic nitrogens is 2. The van der Waals surface area contributed by atoms with Crippen LogP contribution < -0.4 is 5.73 Å². The molecule has 0 radical (unpaired) electrons. The van der Waals surface area contributed by atoms with Gasteiger partial charge in [-0.1, -0.05) is 6.07 Å². The third kappa shape index (κ3) is 2.18. The molecule has 20 heavy (non-hydrogen) atoms. The highest BCUT2D eigenvalue weighted by molar-refractivity contribution is 7.25. The molecule has 0 saturated heterocycles. The number of nitrogen functional groups attached to an aromatic ring is 1. The minimum atomic E-state index is -0.226. The molecule has 0 saturated carbocycles. The van der Waals surface area contributed by atoms with Crippen LogP contribution in [0.4, 0.5) is 5.82 Å². The first-order chi connectivity index (χ1) is 9.69. The Morgan fingerprint density at radius 2 is 2.25 bits per heavy atom. The number of rotatable bonds is 3. The fraction of sp³-hybridized carbons (Fsp3) is 0.214. The third-order valence-corrected chi connectivity index (χ3v) is 4.09. The molecule has 0 unspecified atom stereocenters. The van der Waals surface area contributed by atoms with Gasteiger partial charge in [-0.15, -0.1) is 11.3 Å². The van der Waals surface area contributed by atoms with Gasteiger partial charge in [-0.2, -0.15) is 0 Å². The Hall–Kier alpha value is -2.21. The van der Waals surface area contributed by atoms with Gasteiger partial charge in [0.2, 0.25) is 0 Å². The fourth-order valence-corrected chi connectivity index (χ4v) is 3.20. The minimum absolute atomic E-state index is 0.226. The summed E-state index contributed by atoms with van der Waals surface area (Å²) in [7, 11) is 0. The molecule has 102 valence electrons. The van der Waals surface area contributed by atoms with Crippen molar-refractivity contribution in [3.05, 3.63) is 30.1 Å². The molecule has 3 aromatic rings. The molecule has 5 nitrogen and oxygen atoms in total. The van der Waals surface area contributed by atoms with E-state index in [-0.39, 0.29) is 12.4 Å². The van der Waals surface area contributed by atoms with Crippen LogP contribution in [0.1, 0.15) is 12.5 Å². The first-order valence-electron chi connectivity index (χ1n) is 6.26. The lowest BCUT2D eigenvalue weighted by Gasteiger charge is -2.02. The molecule has 0 aliphatic rings. The Kier molecular flexibility index (Phi) is 3.23. The molecular formula is C14H13N3O2S. The zero-order valence-corrected chi connectivity index (χ0v) is 11.7. The molecule has 0 bridgehead atoms. The molecule has 0 fully saturated rings. The molecule has 2 N–H and O–H groups in total. The van der Waals surface area contributed by atoms with Crippen LogP contribution in [0.15, 0.2) is 24.5 Å². The highest BCUT2D eigenvalue weighted by Gasteiger charge is 2.11. The Bertz CT molecular complexity index is 798. The summed E-state index contributed by atoms with van der Waals surface area (Å²) in [6.45, 7) is 2.19. The van der Waals surface area contributed by atoms with Crippen LogP contribution in [-0.4, -0.2) is 22.5 Å². The van der Waals surface area contributed by atoms with Crippen molar-refractivity contribution < 1.29 is 9.53 Å². The van der Waals surface area contributed by atoms with Crippen LogP contribution in [0.3, 0.4) is 0 Å². The quantitative estimate of drug-likeness (QED) is 0.749. The average molecular weight is 287 g/mol. The number of esters is 1. The Morgan fingerprint density at radius 3 is 3.05 bits per heavy atom. The van der Waals surface area contributed by atoms with Gasteiger partial charge in [0.25, 0.3) is 0 Å². The number of ether oxygens (including phenoxy) is 1. The Morgan fingerprint density at radius 1 is 1.40 bits per heavy atom. The summed E-state index contributed by atoms with van der Waals surface area (Å²) in [6.07, 6.45) is 1.72. The third-order valence-electron chi connectivity index (χ3n) is 3.02. The summed E-state index contributed by atoms with van der Waals surface area (Å²) >= 11 is 1.57. The topological polar surface area (TPSA) is 78.1 Å². The lowest BCUT2D eigenvalue weighted by molar-refractivity contribution is -0.142. The van der Waals surface area contributed by atoms with Crippen molar-refractivity contribution in [2.75, 3.05) is 12.3 Å². The Balaban J connectivity index is 2.10. The van der Waals surface area contributed by atoms with Crippen molar-refractivity contribution >= 4 is 43.4 Å². The molecule has 0 atom stereocenters. The van der Waals surface area contributed by atoms with E-state index in [0.717, 1.165) is 25.9 Å². The molecule has 0 amide bonds. The number of carbonyl (C=O) groups excluding carboxylic acids is 1. The number of fused-ring (bicyclic) bond motifs is 3. The van der Waals surface area contributed by atoms with E-state index in [9.17, 15) is 4.79 Å². The van der Waals surface area contributed by atoms with Gasteiger partial charge in [0.05, 0.1) is 18.4 Å². The van der Waals surface area contributed by atoms with Gasteiger partial charge < -0.3 is 10.5 Å². The molecule has 2 aromatic heterocycles. The van der Waals surface area contributed by atoms with Crippen LogP contribution in [-0.2, 0) is 16.0 Å². The second-order valence-electron chi connectivity index (χ2n) is 4.35. The normalized spacial score (nSPS) is 11.1. The highest BCUT2D eigenvalue weighted by atomic mass is 32.1. The lowest BCUT2D eigenvalue weighted by Crippen LogP contribution is -2.07. The Labute approximate surface area is 119 Å². The number of benzene rings is 1. The molecular weight excluding hydrogens is 274 g/mol. The van der Waals surface area contributed by atoms with Gasteiger partial charge in [-0.25, -0.2) is 9.97 Å². The van der Waals surface area contributed by atoms with E-state index < -0.39 is 0 Å². The van der Waals surface area contributed by atoms with Gasteiger partial charge in [-0.3, -0.25) is 4.79 Å². The lowest BCUT2D eigenvalue weighted by atomic mass is 10.1. The van der Waals surface area contributed by atoms with Crippen LogP contribution in [0.5, 0.6) is 0 Å². The second kappa shape index (κ2) is 5.05. The van der Waals surface area contributed by atoms with Crippen molar-refractivity contribution in [1.29, 1.82) is 0 Å². The maximum absolute atomic E-state index is 11.5. The predicted octanol–water partition coefficient (Wildman–Crippen LogP) is 2.53. The first-order valence-corrected chi connectivity index (χ1v) is 7.08. The van der Waals surface area contributed by atoms with E-state index in [1.54, 1.807) is 18.3 Å². The zero-order chi connectivity index (χ0) is 14.1. The van der Waals surface area contributed by atoms with E-state index in [2.05, 4.69) is 9.97 Å². The molecule has 2 heterocycles. The number of nitrogens with zero attached hydrogens (tertiary/aromatic N) is 2. The number of carbonyl (C=O) groups is 1. The first kappa shape index (κ1) is 12.8. The fourth-order valence-electron chi connectivity index (χ4n) is 2.17. The highest BCUT2D eigenvalue weighted by Crippen LogP contribution is 2.35. The predicted molar refractivity (Wildman–Crippen MR) is 79.7 cm³/mol. The summed E-state index contributed by atoms with van der Waals surface area (Å²) in [5.74, 6) is 0.241. The van der Waals surface area contributed by atoms with E-state index >= 15 is 0 Å². The summed E-state index contributed by atoms with van der Waals surface area (Å²) in [5, 5.41) is 1.85. The number of anilines is 1. The average Bonchev–Trinajstić information content (AvgIpc) is 2.78. The molecule has 0 spiro atoms. The maximum Gasteiger partial charge on any atom is 0.310 e. The van der Waals surface area contributed by atoms with Crippen LogP contribution in [0.2, 0.25) is 0 Å². The minimum Gasteiger partial charge on any atom is -0.466 e. The van der Waals surface area contributed by atoms with Crippen LogP contribution in [0, 0.1) is 0 Å². The molecule has 0 aliphatic heterocycles. The molecule has 3 rings (SSSR count). The number of hydrogen-bond donors (Lipinski definition) is 1. The van der Waals surface area contributed by atoms with Crippen LogP contribution >= 0.6 is 11.3 Å². The maximum atomic E-state index is 11.5. The zero-order valence-electron chi connectivity index (χ0n) is 10.9. The smallest absolute Gasteiger partial charge is 0.310 e. The van der Waals surface area contributed by atoms with Crippen molar-refractivity contribution in [3.8, 4) is 0 Å². The van der Waals surface area contributed by atoms with Gasteiger partial charge in [0, 0.05) is 10.1 Å². The van der Waals surface area contributed by atoms with Gasteiger partial charge >= 0.3 is 5.97 Å². The number of hydrogen-bond acceptors (Lipinski definition) is 6. The molecule has 0 aliphatic carbocycles. The van der Waals surface area contributed by atoms with E-state index in [1.807, 2.05) is 18.2 Å². The van der Waals surface area contributed by atoms with E-state index in [4.69, 9.17) is 10.5 Å². The van der Waals surface area contributed by atoms with E-state index in [0.29, 0.717) is 12.4 Å². The summed E-state index contributed by atoms with van der Waals surface area (Å²) in [6, 6.07) is 5.87. The summed E-state index contributed by atoms with van der Waals surface area (Å²) in [5.41, 5.74) is 6.83. The van der Waals surface area contributed by atoms with Gasteiger partial charge in [0.15, 0.2) is 0 Å². The number of thiophene rings is 1. The van der Waals surface area contributed by atoms with Gasteiger partial charge in [0.1, 0.15) is 17.0 Å². The van der Waals surface area contributed by atoms with Crippen molar-refractivity contribution in [1.82, 2.24) is 9.97 Å².